The Kier molecular flexibility index (Phi) is 11.7. The molecule has 0 saturated heterocycles. The molecule has 10 nitrogen and oxygen atoms in total. The highest BCUT2D eigenvalue weighted by molar-refractivity contribution is 8.14. The fourth-order valence-electron chi connectivity index (χ4n) is 1.31. The van der Waals surface area contributed by atoms with Crippen molar-refractivity contribution in [3.8, 4) is 0 Å². The van der Waals surface area contributed by atoms with Gasteiger partial charge in [-0.2, -0.15) is 0 Å². The van der Waals surface area contributed by atoms with E-state index in [9.17, 15) is 19.2 Å². The fraction of sp³-hybridized carbons (Fsp3) is 0.500. The molecule has 6 N–H and O–H groups in total. The van der Waals surface area contributed by atoms with E-state index in [2.05, 4.69) is 20.6 Å². The van der Waals surface area contributed by atoms with E-state index in [0.29, 0.717) is 0 Å². The van der Waals surface area contributed by atoms with Gasteiger partial charge in [-0.05, 0) is 13.8 Å². The zero-order valence-electron chi connectivity index (χ0n) is 14.1. The van der Waals surface area contributed by atoms with E-state index < -0.39 is 23.7 Å². The first-order chi connectivity index (χ1) is 11.8. The summed E-state index contributed by atoms with van der Waals surface area (Å²) in [6.45, 7) is 2.95. The normalized spacial score (nSPS) is 10.8. The largest absolute Gasteiger partial charge is 0.480 e. The van der Waals surface area contributed by atoms with Crippen molar-refractivity contribution in [1.29, 1.82) is 0 Å². The van der Waals surface area contributed by atoms with Crippen LogP contribution in [-0.2, 0) is 19.2 Å². The number of carboxylic acids is 1. The molecule has 1 heterocycles. The van der Waals surface area contributed by atoms with Crippen molar-refractivity contribution in [2.45, 2.75) is 25.5 Å². The van der Waals surface area contributed by atoms with Crippen molar-refractivity contribution < 1.29 is 24.3 Å². The number of carbonyl (C=O) groups excluding carboxylic acids is 3. The van der Waals surface area contributed by atoms with Gasteiger partial charge >= 0.3 is 5.97 Å². The Morgan fingerprint density at radius 1 is 1.32 bits per heavy atom. The average Bonchev–Trinajstić information content (AvgIpc) is 3.02. The van der Waals surface area contributed by atoms with Crippen LogP contribution in [0.5, 0.6) is 0 Å². The third-order valence-electron chi connectivity index (χ3n) is 2.53. The highest BCUT2D eigenvalue weighted by Gasteiger charge is 2.18. The number of H-pyrrole nitrogens is 1. The molecule has 0 saturated carbocycles. The van der Waals surface area contributed by atoms with E-state index in [-0.39, 0.29) is 30.5 Å². The maximum Gasteiger partial charge on any atom is 0.322 e. The number of aromatic nitrogens is 2. The Labute approximate surface area is 149 Å². The minimum absolute atomic E-state index is 0.132. The number of carbonyl (C=O) groups is 4. The molecule has 0 bridgehead atoms. The maximum absolute atomic E-state index is 11.4. The van der Waals surface area contributed by atoms with Crippen LogP contribution in [-0.4, -0.2) is 62.9 Å². The molecule has 0 aromatic carbocycles. The van der Waals surface area contributed by atoms with Crippen LogP contribution in [0.1, 0.15) is 19.0 Å². The van der Waals surface area contributed by atoms with Gasteiger partial charge in [0.15, 0.2) is 0 Å². The molecule has 1 aromatic rings. The number of aryl methyl sites for hydroxylation is 1. The fourth-order valence-corrected chi connectivity index (χ4v) is 2.05. The molecule has 1 atom stereocenters. The lowest BCUT2D eigenvalue weighted by Gasteiger charge is -2.10. The van der Waals surface area contributed by atoms with Gasteiger partial charge in [0.25, 0.3) is 0 Å². The molecule has 0 aliphatic rings. The monoisotopic (exact) mass is 373 g/mol. The van der Waals surface area contributed by atoms with E-state index >= 15 is 0 Å². The lowest BCUT2D eigenvalue weighted by Crippen LogP contribution is -2.36. The molecular weight excluding hydrogens is 350 g/mol. The molecule has 0 aliphatic heterocycles. The summed E-state index contributed by atoms with van der Waals surface area (Å²) in [6, 6.07) is 0. The molecule has 140 valence electrons. The summed E-state index contributed by atoms with van der Waals surface area (Å²) in [5, 5.41) is 11.8. The van der Waals surface area contributed by atoms with E-state index in [1.807, 2.05) is 6.92 Å². The lowest BCUT2D eigenvalue weighted by atomic mass is 10.4. The van der Waals surface area contributed by atoms with E-state index in [1.165, 1.54) is 6.92 Å². The summed E-state index contributed by atoms with van der Waals surface area (Å²) in [5.74, 6) is -2.04. The molecule has 25 heavy (non-hydrogen) atoms. The standard InChI is InChI=1S/C10H17N3O5S.C4H6N2/c1-6(10(18)13-4-8(15)16)19-9(17)5-12-7(14)2-3-11;1-4-2-5-3-6-4/h6H,2-5,11H2,1H3,(H,12,14)(H,13,18)(H,15,16);2-3H,1H3,(H,5,6). The summed E-state index contributed by atoms with van der Waals surface area (Å²) >= 11 is 0.730. The number of amides is 2. The Bertz CT molecular complexity index is 564. The van der Waals surface area contributed by atoms with Gasteiger partial charge < -0.3 is 26.5 Å². The molecule has 1 unspecified atom stereocenters. The number of imidazole rings is 1. The quantitative estimate of drug-likeness (QED) is 0.387. The number of thioether (sulfide) groups is 1. The number of hydrogen-bond acceptors (Lipinski definition) is 7. The minimum Gasteiger partial charge on any atom is -0.480 e. The molecule has 2 amide bonds. The average molecular weight is 373 g/mol. The van der Waals surface area contributed by atoms with Crippen molar-refractivity contribution in [2.75, 3.05) is 19.6 Å². The summed E-state index contributed by atoms with van der Waals surface area (Å²) in [6.07, 6.45) is 3.57. The Hall–Kier alpha value is -2.40. The summed E-state index contributed by atoms with van der Waals surface area (Å²) in [7, 11) is 0. The first kappa shape index (κ1) is 22.6. The summed E-state index contributed by atoms with van der Waals surface area (Å²) < 4.78 is 0. The highest BCUT2D eigenvalue weighted by atomic mass is 32.2. The van der Waals surface area contributed by atoms with Crippen LogP contribution >= 0.6 is 11.8 Å². The zero-order chi connectivity index (χ0) is 19.2. The zero-order valence-corrected chi connectivity index (χ0v) is 14.9. The first-order valence-electron chi connectivity index (χ1n) is 7.37. The highest BCUT2D eigenvalue weighted by Crippen LogP contribution is 2.10. The second kappa shape index (κ2) is 13.0. The van der Waals surface area contributed by atoms with Crippen molar-refractivity contribution in [1.82, 2.24) is 20.6 Å². The van der Waals surface area contributed by atoms with Crippen LogP contribution in [0.4, 0.5) is 0 Å². The SMILES string of the molecule is CC(SC(=O)CNC(=O)CCN)C(=O)NCC(=O)O.Cc1cnc[nH]1. The van der Waals surface area contributed by atoms with Crippen molar-refractivity contribution >= 4 is 34.7 Å². The molecule has 0 radical (unpaired) electrons. The molecule has 1 rings (SSSR count). The predicted octanol–water partition coefficient (Wildman–Crippen LogP) is -0.981. The van der Waals surface area contributed by atoms with E-state index in [0.717, 1.165) is 17.5 Å². The van der Waals surface area contributed by atoms with Crippen LogP contribution in [0.2, 0.25) is 0 Å². The number of carboxylic acid groups (broad SMARTS) is 1. The Morgan fingerprint density at radius 3 is 2.44 bits per heavy atom. The molecule has 0 fully saturated rings. The molecule has 11 heteroatoms. The van der Waals surface area contributed by atoms with Gasteiger partial charge in [0.2, 0.25) is 16.9 Å². The van der Waals surface area contributed by atoms with Crippen LogP contribution < -0.4 is 16.4 Å². The number of hydrogen-bond donors (Lipinski definition) is 5. The predicted molar refractivity (Wildman–Crippen MR) is 92.7 cm³/mol. The van der Waals surface area contributed by atoms with Gasteiger partial charge in [0, 0.05) is 24.9 Å². The number of rotatable bonds is 8. The van der Waals surface area contributed by atoms with Gasteiger partial charge in [-0.15, -0.1) is 0 Å². The Balaban J connectivity index is 0.000000796. The van der Waals surface area contributed by atoms with Crippen molar-refractivity contribution in [3.63, 3.8) is 0 Å². The second-order valence-corrected chi connectivity index (χ2v) is 6.19. The molecule has 0 aliphatic carbocycles. The molecular formula is C14H23N5O5S. The van der Waals surface area contributed by atoms with Crippen LogP contribution in [0.15, 0.2) is 12.5 Å². The van der Waals surface area contributed by atoms with Crippen molar-refractivity contribution in [2.24, 2.45) is 5.73 Å². The molecule has 1 aromatic heterocycles. The number of aliphatic carboxylic acids is 1. The number of nitrogens with zero attached hydrogens (tertiary/aromatic N) is 1. The van der Waals surface area contributed by atoms with Crippen LogP contribution in [0.25, 0.3) is 0 Å². The maximum atomic E-state index is 11.4. The van der Waals surface area contributed by atoms with Crippen LogP contribution in [0, 0.1) is 6.92 Å². The Morgan fingerprint density at radius 2 is 2.00 bits per heavy atom. The first-order valence-corrected chi connectivity index (χ1v) is 8.25. The minimum atomic E-state index is -1.16. The van der Waals surface area contributed by atoms with Gasteiger partial charge in [0.1, 0.15) is 6.54 Å². The third-order valence-corrected chi connectivity index (χ3v) is 3.50. The summed E-state index contributed by atoms with van der Waals surface area (Å²) in [5.41, 5.74) is 6.27. The van der Waals surface area contributed by atoms with E-state index in [4.69, 9.17) is 10.8 Å². The molecule has 0 spiro atoms. The van der Waals surface area contributed by atoms with Crippen molar-refractivity contribution in [3.05, 3.63) is 18.2 Å². The number of nitrogens with two attached hydrogens (primary N) is 1. The summed E-state index contributed by atoms with van der Waals surface area (Å²) in [4.78, 5) is 50.7. The van der Waals surface area contributed by atoms with Gasteiger partial charge in [-0.25, -0.2) is 4.98 Å². The second-order valence-electron chi connectivity index (χ2n) is 4.79. The van der Waals surface area contributed by atoms with Gasteiger partial charge in [0.05, 0.1) is 18.1 Å². The van der Waals surface area contributed by atoms with E-state index in [1.54, 1.807) is 12.5 Å². The lowest BCUT2D eigenvalue weighted by molar-refractivity contribution is -0.137. The number of nitrogens with one attached hydrogen (secondary N) is 3. The third kappa shape index (κ3) is 12.7. The van der Waals surface area contributed by atoms with Crippen LogP contribution in [0.3, 0.4) is 0 Å². The van der Waals surface area contributed by atoms with Gasteiger partial charge in [-0.1, -0.05) is 11.8 Å². The van der Waals surface area contributed by atoms with Gasteiger partial charge in [-0.3, -0.25) is 19.2 Å². The topological polar surface area (TPSA) is 167 Å². The number of aromatic amines is 1. The smallest absolute Gasteiger partial charge is 0.322 e.